The number of para-hydroxylation sites is 1. The molecule has 18 nitrogen and oxygen atoms in total. The molecule has 0 aliphatic carbocycles. The number of Topliss-reactive ketones (excluding diaryl/α,β-unsaturated/α-hetero) is 1. The molecule has 312 valence electrons. The fourth-order valence-electron chi connectivity index (χ4n) is 7.22. The largest absolute Gasteiger partial charge is 0.467 e. The van der Waals surface area contributed by atoms with Crippen molar-refractivity contribution in [2.75, 3.05) is 31.6 Å². The van der Waals surface area contributed by atoms with E-state index < -0.39 is 95.5 Å². The Hall–Kier alpha value is -5.94. The van der Waals surface area contributed by atoms with E-state index in [1.165, 1.54) is 35.5 Å². The second-order valence-electron chi connectivity index (χ2n) is 15.4. The number of nitrogens with zero attached hydrogens (tertiary/aromatic N) is 5. The van der Waals surface area contributed by atoms with Crippen LogP contribution in [0.15, 0.2) is 42.9 Å². The third-order valence-corrected chi connectivity index (χ3v) is 10.5. The standard InChI is InChI=1S/C40H52N8O10/c1-7-11-26(33(49)38(54)48-21-30(48)39(55)57-6)43-35(51)29-18-25(58-40(56)46-17-10-13-24-12-8-9-14-28(24)46)20-47(29)37(53)32(23(4)5)45-36(52)31(22(2)3)44-34(50)27-19-41-15-16-42-27/h8-9,12,14-16,19,22-23,25-26,29-32H,7,10-11,13,17-18,20-21H2,1-6H3,(H,43,51)(H,44,50)(H,45,52)/t25?,26-,29-,30?,31-,32-,48?/m0/s1. The number of carbonyl (C=O) groups excluding carboxylic acids is 8. The van der Waals surface area contributed by atoms with Crippen molar-refractivity contribution in [1.82, 2.24) is 35.7 Å². The first kappa shape index (κ1) is 43.2. The highest BCUT2D eigenvalue weighted by molar-refractivity contribution is 6.39. The number of aryl methyl sites for hydroxylation is 1. The molecule has 3 N–H and O–H groups in total. The highest BCUT2D eigenvalue weighted by atomic mass is 16.6. The number of anilines is 1. The molecule has 6 atom stereocenters. The van der Waals surface area contributed by atoms with Gasteiger partial charge in [-0.3, -0.25) is 38.7 Å². The number of nitrogens with one attached hydrogen (secondary N) is 3. The van der Waals surface area contributed by atoms with Gasteiger partial charge in [0.1, 0.15) is 36.0 Å². The molecular weight excluding hydrogens is 752 g/mol. The Balaban J connectivity index is 1.37. The van der Waals surface area contributed by atoms with Crippen molar-refractivity contribution in [3.8, 4) is 0 Å². The first-order valence-electron chi connectivity index (χ1n) is 19.6. The summed E-state index contributed by atoms with van der Waals surface area (Å²) in [7, 11) is 1.17. The molecular formula is C40H52N8O10. The molecule has 3 aliphatic heterocycles. The molecule has 18 heteroatoms. The number of likely N-dealkylation sites (tertiary alicyclic amines) is 1. The van der Waals surface area contributed by atoms with Gasteiger partial charge in [-0.05, 0) is 42.7 Å². The summed E-state index contributed by atoms with van der Waals surface area (Å²) in [6.45, 7) is 8.83. The number of esters is 1. The van der Waals surface area contributed by atoms with Crippen molar-refractivity contribution in [3.05, 3.63) is 54.1 Å². The fraction of sp³-hybridized carbons (Fsp3) is 0.550. The van der Waals surface area contributed by atoms with Crippen LogP contribution in [0.25, 0.3) is 0 Å². The summed E-state index contributed by atoms with van der Waals surface area (Å²) >= 11 is 0. The lowest BCUT2D eigenvalue weighted by molar-refractivity contribution is -0.147. The lowest BCUT2D eigenvalue weighted by Crippen LogP contribution is -2.59. The number of fused-ring (bicyclic) bond motifs is 1. The monoisotopic (exact) mass is 804 g/mol. The zero-order valence-electron chi connectivity index (χ0n) is 33.6. The molecule has 6 amide bonds. The van der Waals surface area contributed by atoms with Gasteiger partial charge in [0.15, 0.2) is 0 Å². The first-order valence-corrected chi connectivity index (χ1v) is 19.6. The van der Waals surface area contributed by atoms with Gasteiger partial charge >= 0.3 is 12.1 Å². The SMILES string of the molecule is CCC[C@H](NC(=O)[C@@H]1CC(OC(=O)N2CCCc3ccccc32)CN1C(=O)[C@@H](NC(=O)[C@@H](NC(=O)c1cnccn1)C(C)C)C(C)C)C(=O)C(=O)N1CC1C(=O)OC. The number of methoxy groups -OCH3 is 1. The van der Waals surface area contributed by atoms with Gasteiger partial charge in [0, 0.05) is 25.4 Å². The van der Waals surface area contributed by atoms with E-state index in [2.05, 4.69) is 30.7 Å². The van der Waals surface area contributed by atoms with Crippen LogP contribution in [0.2, 0.25) is 0 Å². The van der Waals surface area contributed by atoms with E-state index in [-0.39, 0.29) is 31.6 Å². The summed E-state index contributed by atoms with van der Waals surface area (Å²) in [5, 5.41) is 8.09. The average molecular weight is 805 g/mol. The third kappa shape index (κ3) is 9.95. The van der Waals surface area contributed by atoms with Crippen molar-refractivity contribution in [3.63, 3.8) is 0 Å². The number of hydrogen-bond acceptors (Lipinski definition) is 12. The highest BCUT2D eigenvalue weighted by Gasteiger charge is 2.50. The summed E-state index contributed by atoms with van der Waals surface area (Å²) < 4.78 is 10.6. The maximum atomic E-state index is 14.6. The Labute approximate surface area is 336 Å². The van der Waals surface area contributed by atoms with Gasteiger partial charge in [0.05, 0.1) is 38.1 Å². The molecule has 2 aromatic rings. The molecule has 58 heavy (non-hydrogen) atoms. The van der Waals surface area contributed by atoms with E-state index in [4.69, 9.17) is 4.74 Å². The zero-order chi connectivity index (χ0) is 42.3. The van der Waals surface area contributed by atoms with Crippen LogP contribution in [0.1, 0.15) is 76.4 Å². The third-order valence-electron chi connectivity index (χ3n) is 10.5. The van der Waals surface area contributed by atoms with Crippen LogP contribution in [0.4, 0.5) is 10.5 Å². The molecule has 1 aromatic carbocycles. The molecule has 2 fully saturated rings. The lowest BCUT2D eigenvalue weighted by atomic mass is 9.98. The number of hydrogen-bond donors (Lipinski definition) is 3. The molecule has 5 rings (SSSR count). The minimum atomic E-state index is -1.28. The van der Waals surface area contributed by atoms with E-state index in [1.54, 1.807) is 34.6 Å². The summed E-state index contributed by atoms with van der Waals surface area (Å²) in [6, 6.07) is 1.74. The number of aromatic nitrogens is 2. The second kappa shape index (κ2) is 19.0. The minimum Gasteiger partial charge on any atom is -0.467 e. The van der Waals surface area contributed by atoms with Gasteiger partial charge < -0.3 is 35.2 Å². The normalized spacial score (nSPS) is 20.0. The predicted molar refractivity (Wildman–Crippen MR) is 207 cm³/mol. The van der Waals surface area contributed by atoms with Gasteiger partial charge in [-0.2, -0.15) is 0 Å². The lowest BCUT2D eigenvalue weighted by Gasteiger charge is -2.32. The molecule has 0 radical (unpaired) electrons. The molecule has 0 bridgehead atoms. The second-order valence-corrected chi connectivity index (χ2v) is 15.4. The molecule has 2 saturated heterocycles. The Morgan fingerprint density at radius 1 is 0.879 bits per heavy atom. The number of ether oxygens (including phenoxy) is 2. The minimum absolute atomic E-state index is 0.00357. The maximum Gasteiger partial charge on any atom is 0.414 e. The van der Waals surface area contributed by atoms with E-state index in [0.29, 0.717) is 25.1 Å². The summed E-state index contributed by atoms with van der Waals surface area (Å²) in [6.07, 6.45) is 4.24. The summed E-state index contributed by atoms with van der Waals surface area (Å²) in [4.78, 5) is 119. The van der Waals surface area contributed by atoms with Gasteiger partial charge in [-0.1, -0.05) is 59.2 Å². The van der Waals surface area contributed by atoms with Crippen molar-refractivity contribution in [1.29, 1.82) is 0 Å². The quantitative estimate of drug-likeness (QED) is 0.131. The molecule has 0 spiro atoms. The topological polar surface area (TPSA) is 226 Å². The van der Waals surface area contributed by atoms with Crippen LogP contribution in [0.3, 0.4) is 0 Å². The van der Waals surface area contributed by atoms with E-state index >= 15 is 0 Å². The number of ketones is 1. The van der Waals surface area contributed by atoms with Gasteiger partial charge in [0.25, 0.3) is 11.8 Å². The van der Waals surface area contributed by atoms with Crippen LogP contribution >= 0.6 is 0 Å². The van der Waals surface area contributed by atoms with Crippen LogP contribution in [-0.4, -0.2) is 130 Å². The van der Waals surface area contributed by atoms with Crippen LogP contribution < -0.4 is 20.9 Å². The number of amides is 6. The predicted octanol–water partition coefficient (Wildman–Crippen LogP) is 1.17. The Morgan fingerprint density at radius 3 is 2.26 bits per heavy atom. The molecule has 1 aromatic heterocycles. The zero-order valence-corrected chi connectivity index (χ0v) is 33.6. The van der Waals surface area contributed by atoms with Crippen molar-refractivity contribution >= 4 is 53.1 Å². The molecule has 0 saturated carbocycles. The summed E-state index contributed by atoms with van der Waals surface area (Å²) in [5.41, 5.74) is 1.69. The highest BCUT2D eigenvalue weighted by Crippen LogP contribution is 2.30. The molecule has 3 aliphatic rings. The van der Waals surface area contributed by atoms with Crippen molar-refractivity contribution < 1.29 is 47.8 Å². The smallest absolute Gasteiger partial charge is 0.414 e. The Kier molecular flexibility index (Phi) is 14.1. The average Bonchev–Trinajstić information content (AvgIpc) is 3.91. The molecule has 4 heterocycles. The van der Waals surface area contributed by atoms with Crippen LogP contribution in [0.5, 0.6) is 0 Å². The number of benzene rings is 1. The van der Waals surface area contributed by atoms with E-state index in [0.717, 1.165) is 16.9 Å². The number of rotatable bonds is 15. The first-order chi connectivity index (χ1) is 27.7. The Morgan fingerprint density at radius 2 is 1.60 bits per heavy atom. The van der Waals surface area contributed by atoms with Gasteiger partial charge in [0.2, 0.25) is 23.5 Å². The van der Waals surface area contributed by atoms with Crippen molar-refractivity contribution in [2.45, 2.75) is 103 Å². The fourth-order valence-corrected chi connectivity index (χ4v) is 7.22. The number of carbonyl (C=O) groups is 8. The van der Waals surface area contributed by atoms with Crippen LogP contribution in [0, 0.1) is 11.8 Å². The van der Waals surface area contributed by atoms with Crippen molar-refractivity contribution in [2.24, 2.45) is 11.8 Å². The van der Waals surface area contributed by atoms with Crippen LogP contribution in [-0.2, 0) is 44.7 Å². The van der Waals surface area contributed by atoms with Gasteiger partial charge in [-0.25, -0.2) is 14.6 Å². The van der Waals surface area contributed by atoms with Gasteiger partial charge in [-0.15, -0.1) is 0 Å². The van der Waals surface area contributed by atoms with E-state index in [9.17, 15) is 38.4 Å². The Bertz CT molecular complexity index is 1890. The van der Waals surface area contributed by atoms with E-state index in [1.807, 2.05) is 24.3 Å². The molecule has 2 unspecified atom stereocenters. The summed E-state index contributed by atoms with van der Waals surface area (Å²) in [5.74, 6) is -6.19. The maximum absolute atomic E-state index is 14.6.